The number of halogens is 4. The molecule has 0 aromatic heterocycles. The van der Waals surface area contributed by atoms with Crippen LogP contribution in [0.15, 0.2) is 24.3 Å². The first-order valence-corrected chi connectivity index (χ1v) is 13.8. The van der Waals surface area contributed by atoms with Gasteiger partial charge in [-0.3, -0.25) is 4.79 Å². The monoisotopic (exact) mass is 570 g/mol. The molecular formula is C30H42F4N2O4. The van der Waals surface area contributed by atoms with E-state index in [1.807, 2.05) is 39.9 Å². The first kappa shape index (κ1) is 31.7. The lowest BCUT2D eigenvalue weighted by Crippen LogP contribution is -2.47. The van der Waals surface area contributed by atoms with Crippen LogP contribution in [-0.4, -0.2) is 53.9 Å². The number of benzene rings is 1. The number of carbonyl (C=O) groups is 2. The summed E-state index contributed by atoms with van der Waals surface area (Å²) in [6.45, 7) is 12.7. The maximum atomic E-state index is 15.3. The molecule has 0 saturated carbocycles. The summed E-state index contributed by atoms with van der Waals surface area (Å²) >= 11 is 0. The normalized spacial score (nSPS) is 20.5. The Bertz CT molecular complexity index is 1110. The second kappa shape index (κ2) is 11.6. The lowest BCUT2D eigenvalue weighted by atomic mass is 9.69. The van der Waals surface area contributed by atoms with Gasteiger partial charge in [-0.1, -0.05) is 19.9 Å². The van der Waals surface area contributed by atoms with Crippen molar-refractivity contribution in [3.63, 3.8) is 0 Å². The van der Waals surface area contributed by atoms with Crippen molar-refractivity contribution in [2.24, 2.45) is 17.3 Å². The smallest absolute Gasteiger partial charge is 0.410 e. The van der Waals surface area contributed by atoms with E-state index in [0.29, 0.717) is 42.8 Å². The predicted molar refractivity (Wildman–Crippen MR) is 145 cm³/mol. The minimum absolute atomic E-state index is 0.149. The average molecular weight is 571 g/mol. The molecule has 6 nitrogen and oxygen atoms in total. The predicted octanol–water partition coefficient (Wildman–Crippen LogP) is 7.13. The van der Waals surface area contributed by atoms with E-state index in [1.165, 1.54) is 6.07 Å². The molecular weight excluding hydrogens is 528 g/mol. The number of piperidine rings is 1. The summed E-state index contributed by atoms with van der Waals surface area (Å²) in [5.74, 6) is -1.22. The molecule has 1 aromatic rings. The fourth-order valence-corrected chi connectivity index (χ4v) is 5.58. The van der Waals surface area contributed by atoms with E-state index < -0.39 is 47.0 Å². The zero-order valence-electron chi connectivity index (χ0n) is 24.5. The average Bonchev–Trinajstić information content (AvgIpc) is 2.80. The van der Waals surface area contributed by atoms with Gasteiger partial charge in [-0.2, -0.15) is 13.2 Å². The number of ether oxygens (including phenoxy) is 2. The van der Waals surface area contributed by atoms with Gasteiger partial charge in [-0.15, -0.1) is 0 Å². The van der Waals surface area contributed by atoms with Gasteiger partial charge in [-0.05, 0) is 83.4 Å². The standard InChI is InChI=1S/C30H42F4N2O4/c1-27(2,3)40-26(38)36-14-12-20(13-15-36)29(6,7)39-21-9-10-22(24(31)16-21)19-8-11-23(28(4,5)17-19)25(37)35-18-30(32,33)34/h9-10,16-17,20,23H,8,11-15,18H2,1-7H3,(H,35,37). The first-order valence-electron chi connectivity index (χ1n) is 13.8. The summed E-state index contributed by atoms with van der Waals surface area (Å²) in [7, 11) is 0. The Kier molecular flexibility index (Phi) is 9.21. The molecule has 1 saturated heterocycles. The van der Waals surface area contributed by atoms with Gasteiger partial charge in [-0.25, -0.2) is 9.18 Å². The van der Waals surface area contributed by atoms with Crippen LogP contribution in [0.4, 0.5) is 22.4 Å². The third kappa shape index (κ3) is 8.36. The minimum Gasteiger partial charge on any atom is -0.487 e. The van der Waals surface area contributed by atoms with Gasteiger partial charge in [0.1, 0.15) is 29.3 Å². The number of allylic oxidation sites excluding steroid dienone is 2. The number of likely N-dealkylation sites (tertiary alicyclic amines) is 1. The second-order valence-corrected chi connectivity index (χ2v) is 13.0. The van der Waals surface area contributed by atoms with Crippen molar-refractivity contribution in [2.45, 2.75) is 91.5 Å². The Balaban J connectivity index is 1.64. The summed E-state index contributed by atoms with van der Waals surface area (Å²) in [4.78, 5) is 26.5. The van der Waals surface area contributed by atoms with Gasteiger partial charge < -0.3 is 19.7 Å². The highest BCUT2D eigenvalue weighted by molar-refractivity contribution is 5.82. The molecule has 224 valence electrons. The number of amides is 2. The number of alkyl halides is 3. The minimum atomic E-state index is -4.48. The van der Waals surface area contributed by atoms with E-state index in [-0.39, 0.29) is 12.0 Å². The molecule has 1 unspecified atom stereocenters. The largest absolute Gasteiger partial charge is 0.487 e. The number of hydrogen-bond donors (Lipinski definition) is 1. The SMILES string of the molecule is CC(C)(C)OC(=O)N1CCC(C(C)(C)Oc2ccc(C3=CC(C)(C)C(C(=O)NCC(F)(F)F)CC3)c(F)c2)CC1. The molecule has 1 aromatic carbocycles. The van der Waals surface area contributed by atoms with Crippen molar-refractivity contribution in [1.82, 2.24) is 10.2 Å². The zero-order chi connectivity index (χ0) is 30.1. The summed E-state index contributed by atoms with van der Waals surface area (Å²) < 4.78 is 64.6. The van der Waals surface area contributed by atoms with Crippen LogP contribution < -0.4 is 10.1 Å². The fourth-order valence-electron chi connectivity index (χ4n) is 5.58. The van der Waals surface area contributed by atoms with E-state index >= 15 is 4.39 Å². The third-order valence-electron chi connectivity index (χ3n) is 7.72. The van der Waals surface area contributed by atoms with Crippen LogP contribution in [-0.2, 0) is 9.53 Å². The van der Waals surface area contributed by atoms with Crippen LogP contribution in [0.1, 0.15) is 79.7 Å². The maximum absolute atomic E-state index is 15.3. The highest BCUT2D eigenvalue weighted by Crippen LogP contribution is 2.43. The summed E-state index contributed by atoms with van der Waals surface area (Å²) in [5, 5.41) is 1.98. The number of nitrogens with zero attached hydrogens (tertiary/aromatic N) is 1. The molecule has 1 atom stereocenters. The highest BCUT2D eigenvalue weighted by atomic mass is 19.4. The number of hydrogen-bond acceptors (Lipinski definition) is 4. The molecule has 0 radical (unpaired) electrons. The topological polar surface area (TPSA) is 67.9 Å². The van der Waals surface area contributed by atoms with E-state index in [0.717, 1.165) is 12.8 Å². The summed E-state index contributed by atoms with van der Waals surface area (Å²) in [5.41, 5.74) is -0.804. The van der Waals surface area contributed by atoms with Crippen LogP contribution in [0.3, 0.4) is 0 Å². The van der Waals surface area contributed by atoms with Crippen LogP contribution in [0, 0.1) is 23.1 Å². The number of rotatable bonds is 6. The molecule has 0 bridgehead atoms. The Hall–Kier alpha value is -2.78. The van der Waals surface area contributed by atoms with Gasteiger partial charge in [0.25, 0.3) is 0 Å². The van der Waals surface area contributed by atoms with E-state index in [9.17, 15) is 22.8 Å². The summed E-state index contributed by atoms with van der Waals surface area (Å²) in [6.07, 6.45) is -0.874. The Morgan fingerprint density at radius 3 is 2.20 bits per heavy atom. The summed E-state index contributed by atoms with van der Waals surface area (Å²) in [6, 6.07) is 4.71. The highest BCUT2D eigenvalue weighted by Gasteiger charge is 2.39. The van der Waals surface area contributed by atoms with Crippen LogP contribution in [0.5, 0.6) is 5.75 Å². The van der Waals surface area contributed by atoms with Crippen molar-refractivity contribution in [2.75, 3.05) is 19.6 Å². The molecule has 1 fully saturated rings. The van der Waals surface area contributed by atoms with Crippen molar-refractivity contribution in [1.29, 1.82) is 0 Å². The van der Waals surface area contributed by atoms with Crippen molar-refractivity contribution in [3.8, 4) is 5.75 Å². The van der Waals surface area contributed by atoms with E-state index in [4.69, 9.17) is 9.47 Å². The van der Waals surface area contributed by atoms with Gasteiger partial charge in [0.15, 0.2) is 0 Å². The van der Waals surface area contributed by atoms with Crippen LogP contribution >= 0.6 is 0 Å². The molecule has 10 heteroatoms. The van der Waals surface area contributed by atoms with E-state index in [1.54, 1.807) is 37.0 Å². The molecule has 0 spiro atoms. The number of nitrogens with one attached hydrogen (secondary N) is 1. The quantitative estimate of drug-likeness (QED) is 0.370. The second-order valence-electron chi connectivity index (χ2n) is 13.0. The van der Waals surface area contributed by atoms with Gasteiger partial charge in [0.05, 0.1) is 0 Å². The first-order chi connectivity index (χ1) is 18.3. The molecule has 2 aliphatic rings. The van der Waals surface area contributed by atoms with E-state index in [2.05, 4.69) is 0 Å². The Morgan fingerprint density at radius 2 is 1.68 bits per heavy atom. The van der Waals surface area contributed by atoms with Gasteiger partial charge in [0, 0.05) is 36.6 Å². The van der Waals surface area contributed by atoms with Crippen molar-refractivity contribution < 1.29 is 36.6 Å². The van der Waals surface area contributed by atoms with Crippen LogP contribution in [0.25, 0.3) is 5.57 Å². The fraction of sp³-hybridized carbons (Fsp3) is 0.667. The molecule has 3 rings (SSSR count). The molecule has 2 amide bonds. The van der Waals surface area contributed by atoms with Crippen molar-refractivity contribution in [3.05, 3.63) is 35.7 Å². The zero-order valence-corrected chi connectivity index (χ0v) is 24.5. The van der Waals surface area contributed by atoms with Gasteiger partial charge >= 0.3 is 12.3 Å². The molecule has 40 heavy (non-hydrogen) atoms. The lowest BCUT2D eigenvalue weighted by molar-refractivity contribution is -0.142. The molecule has 1 heterocycles. The Labute approximate surface area is 234 Å². The van der Waals surface area contributed by atoms with Crippen molar-refractivity contribution >= 4 is 17.6 Å². The van der Waals surface area contributed by atoms with Crippen LogP contribution in [0.2, 0.25) is 0 Å². The maximum Gasteiger partial charge on any atom is 0.410 e. The Morgan fingerprint density at radius 1 is 1.05 bits per heavy atom. The molecule has 1 aliphatic heterocycles. The molecule has 1 aliphatic carbocycles. The molecule has 1 N–H and O–H groups in total. The van der Waals surface area contributed by atoms with Gasteiger partial charge in [0.2, 0.25) is 5.91 Å². The number of carbonyl (C=O) groups excluding carboxylic acids is 2. The lowest BCUT2D eigenvalue weighted by Gasteiger charge is -2.41. The third-order valence-corrected chi connectivity index (χ3v) is 7.72.